The van der Waals surface area contributed by atoms with Crippen molar-refractivity contribution in [2.24, 2.45) is 11.7 Å². The highest BCUT2D eigenvalue weighted by Crippen LogP contribution is 2.52. The topological polar surface area (TPSA) is 197 Å². The Morgan fingerprint density at radius 1 is 1.10 bits per heavy atom. The van der Waals surface area contributed by atoms with Gasteiger partial charge in [0.25, 0.3) is 0 Å². The summed E-state index contributed by atoms with van der Waals surface area (Å²) in [4.78, 5) is 39.8. The molecule has 1 saturated carbocycles. The van der Waals surface area contributed by atoms with E-state index < -0.39 is 89.4 Å². The SMILES string of the molecule is COc1cccc2c1C(=O)c1c(O)c3c(c(O)c1C2=O)C[C@@](O)(C(=O)CO)C[C@@H]3O[C@@H]1CC(C)[C@@H](O)C(N)C1. The average molecular weight is 542 g/mol. The van der Waals surface area contributed by atoms with Crippen LogP contribution in [0.2, 0.25) is 0 Å². The van der Waals surface area contributed by atoms with E-state index in [0.29, 0.717) is 6.42 Å². The lowest BCUT2D eigenvalue weighted by atomic mass is 9.71. The van der Waals surface area contributed by atoms with E-state index in [2.05, 4.69) is 0 Å². The first kappa shape index (κ1) is 27.2. The molecule has 0 radical (unpaired) electrons. The van der Waals surface area contributed by atoms with Crippen molar-refractivity contribution in [3.63, 3.8) is 0 Å². The summed E-state index contributed by atoms with van der Waals surface area (Å²) in [5.74, 6) is -3.79. The number of phenolic OH excluding ortho intramolecular Hbond substituents is 2. The maximum atomic E-state index is 13.7. The number of Topliss-reactive ketones (excluding diaryl/α,β-unsaturated/α-hetero) is 1. The third kappa shape index (κ3) is 4.12. The molecular weight excluding hydrogens is 510 g/mol. The van der Waals surface area contributed by atoms with E-state index in [9.17, 15) is 39.9 Å². The highest BCUT2D eigenvalue weighted by Gasteiger charge is 2.50. The lowest BCUT2D eigenvalue weighted by Gasteiger charge is -2.42. The van der Waals surface area contributed by atoms with Crippen LogP contribution >= 0.6 is 0 Å². The highest BCUT2D eigenvalue weighted by atomic mass is 16.5. The summed E-state index contributed by atoms with van der Waals surface area (Å²) >= 11 is 0. The summed E-state index contributed by atoms with van der Waals surface area (Å²) in [6.07, 6.45) is -2.82. The number of benzene rings is 2. The molecule has 7 N–H and O–H groups in total. The molecule has 6 atom stereocenters. The predicted molar refractivity (Wildman–Crippen MR) is 135 cm³/mol. The third-order valence-electron chi connectivity index (χ3n) is 8.29. The Bertz CT molecular complexity index is 1380. The third-order valence-corrected chi connectivity index (χ3v) is 8.29. The van der Waals surface area contributed by atoms with Gasteiger partial charge >= 0.3 is 0 Å². The standard InChI is InChI=1S/C28H31NO10/c1-11-6-12(7-15(29)23(11)32)39-17-9-28(37,18(31)10-30)8-14-20(17)27(36)22-21(25(14)34)24(33)13-4-3-5-16(38-2)19(13)26(22)35/h3-5,11-12,15,17,23,30,32,34,36-37H,6-10,29H2,1-2H3/t11?,12-,15?,17+,23-,28+/m1/s1. The van der Waals surface area contributed by atoms with Crippen molar-refractivity contribution >= 4 is 17.3 Å². The van der Waals surface area contributed by atoms with Crippen molar-refractivity contribution in [3.8, 4) is 17.2 Å². The fourth-order valence-electron chi connectivity index (χ4n) is 6.25. The van der Waals surface area contributed by atoms with Gasteiger partial charge in [-0.05, 0) is 24.8 Å². The number of ketones is 3. The Labute approximate surface area is 223 Å². The van der Waals surface area contributed by atoms with Gasteiger partial charge in [0.05, 0.1) is 42.1 Å². The lowest BCUT2D eigenvalue weighted by molar-refractivity contribution is -0.151. The minimum Gasteiger partial charge on any atom is -0.507 e. The summed E-state index contributed by atoms with van der Waals surface area (Å²) in [6.45, 7) is 0.813. The van der Waals surface area contributed by atoms with Crippen LogP contribution in [0.4, 0.5) is 0 Å². The number of hydrogen-bond acceptors (Lipinski definition) is 11. The van der Waals surface area contributed by atoms with Gasteiger partial charge in [-0.25, -0.2) is 0 Å². The second-order valence-electron chi connectivity index (χ2n) is 10.7. The van der Waals surface area contributed by atoms with Crippen LogP contribution in [0.3, 0.4) is 0 Å². The number of aliphatic hydroxyl groups is 3. The molecule has 1 fully saturated rings. The van der Waals surface area contributed by atoms with Gasteiger partial charge in [0.1, 0.15) is 29.5 Å². The maximum Gasteiger partial charge on any atom is 0.202 e. The number of nitrogens with two attached hydrogens (primary N) is 1. The summed E-state index contributed by atoms with van der Waals surface area (Å²) in [7, 11) is 1.34. The van der Waals surface area contributed by atoms with Crippen LogP contribution in [0.25, 0.3) is 0 Å². The van der Waals surface area contributed by atoms with E-state index in [1.54, 1.807) is 6.92 Å². The van der Waals surface area contributed by atoms with Gasteiger partial charge in [0.15, 0.2) is 11.6 Å². The molecule has 11 nitrogen and oxygen atoms in total. The quantitative estimate of drug-likeness (QED) is 0.248. The van der Waals surface area contributed by atoms with Crippen molar-refractivity contribution in [3.05, 3.63) is 51.6 Å². The van der Waals surface area contributed by atoms with E-state index in [-0.39, 0.29) is 40.3 Å². The number of ether oxygens (including phenoxy) is 2. The van der Waals surface area contributed by atoms with E-state index in [1.807, 2.05) is 0 Å². The molecule has 3 aliphatic carbocycles. The molecule has 11 heteroatoms. The number of fused-ring (bicyclic) bond motifs is 3. The fraction of sp³-hybridized carbons (Fsp3) is 0.464. The van der Waals surface area contributed by atoms with Crippen molar-refractivity contribution in [1.29, 1.82) is 0 Å². The van der Waals surface area contributed by atoms with Crippen LogP contribution in [0.15, 0.2) is 18.2 Å². The Hall–Kier alpha value is -3.35. The van der Waals surface area contributed by atoms with Crippen LogP contribution < -0.4 is 10.5 Å². The Balaban J connectivity index is 1.69. The molecule has 0 bridgehead atoms. The fourth-order valence-corrected chi connectivity index (χ4v) is 6.25. The van der Waals surface area contributed by atoms with Crippen molar-refractivity contribution in [2.75, 3.05) is 13.7 Å². The summed E-state index contributed by atoms with van der Waals surface area (Å²) in [5, 5.41) is 54.0. The zero-order chi connectivity index (χ0) is 28.4. The number of hydrogen-bond donors (Lipinski definition) is 6. The summed E-state index contributed by atoms with van der Waals surface area (Å²) in [5.41, 5.74) is 2.76. The van der Waals surface area contributed by atoms with E-state index in [0.717, 1.165) is 0 Å². The predicted octanol–water partition coefficient (Wildman–Crippen LogP) is 0.665. The molecule has 3 aliphatic rings. The molecular formula is C28H31NO10. The molecule has 0 spiro atoms. The minimum atomic E-state index is -2.19. The minimum absolute atomic E-state index is 0.0319. The lowest BCUT2D eigenvalue weighted by Crippen LogP contribution is -2.50. The van der Waals surface area contributed by atoms with Crippen LogP contribution in [0.1, 0.15) is 75.3 Å². The zero-order valence-electron chi connectivity index (χ0n) is 21.5. The first-order valence-electron chi connectivity index (χ1n) is 12.8. The van der Waals surface area contributed by atoms with Crippen LogP contribution in [-0.2, 0) is 16.0 Å². The van der Waals surface area contributed by atoms with Crippen molar-refractivity contribution in [2.45, 2.75) is 62.6 Å². The molecule has 208 valence electrons. The molecule has 0 aliphatic heterocycles. The van der Waals surface area contributed by atoms with Crippen LogP contribution in [0.5, 0.6) is 17.2 Å². The number of aromatic hydroxyl groups is 2. The van der Waals surface area contributed by atoms with Gasteiger partial charge in [-0.15, -0.1) is 0 Å². The second-order valence-corrected chi connectivity index (χ2v) is 10.7. The Kier molecular flexibility index (Phi) is 6.76. The van der Waals surface area contributed by atoms with Crippen molar-refractivity contribution < 1.29 is 49.4 Å². The highest BCUT2D eigenvalue weighted by molar-refractivity contribution is 6.31. The van der Waals surface area contributed by atoms with Gasteiger partial charge in [-0.2, -0.15) is 0 Å². The second kappa shape index (κ2) is 9.68. The van der Waals surface area contributed by atoms with E-state index >= 15 is 0 Å². The van der Waals surface area contributed by atoms with Gasteiger partial charge in [-0.1, -0.05) is 19.1 Å². The van der Waals surface area contributed by atoms with E-state index in [1.165, 1.54) is 25.3 Å². The zero-order valence-corrected chi connectivity index (χ0v) is 21.5. The molecule has 2 aromatic rings. The molecule has 0 amide bonds. The number of carbonyl (C=O) groups is 3. The molecule has 39 heavy (non-hydrogen) atoms. The summed E-state index contributed by atoms with van der Waals surface area (Å²) < 4.78 is 11.5. The molecule has 0 saturated heterocycles. The van der Waals surface area contributed by atoms with E-state index in [4.69, 9.17) is 15.2 Å². The Morgan fingerprint density at radius 3 is 2.44 bits per heavy atom. The molecule has 0 heterocycles. The first-order chi connectivity index (χ1) is 18.4. The maximum absolute atomic E-state index is 13.7. The average Bonchev–Trinajstić information content (AvgIpc) is 2.90. The molecule has 0 aromatic heterocycles. The van der Waals surface area contributed by atoms with Gasteiger partial charge in [0.2, 0.25) is 5.78 Å². The smallest absolute Gasteiger partial charge is 0.202 e. The molecule has 2 aromatic carbocycles. The number of methoxy groups -OCH3 is 1. The van der Waals surface area contributed by atoms with Crippen LogP contribution in [-0.4, -0.2) is 80.4 Å². The largest absolute Gasteiger partial charge is 0.507 e. The number of carbonyl (C=O) groups excluding carboxylic acids is 3. The van der Waals surface area contributed by atoms with Gasteiger partial charge < -0.3 is 40.7 Å². The molecule has 5 rings (SSSR count). The first-order valence-corrected chi connectivity index (χ1v) is 12.8. The number of rotatable bonds is 5. The van der Waals surface area contributed by atoms with Gasteiger partial charge in [-0.3, -0.25) is 14.4 Å². The Morgan fingerprint density at radius 2 is 1.79 bits per heavy atom. The normalized spacial score (nSPS) is 29.8. The number of phenols is 2. The molecule has 2 unspecified atom stereocenters. The summed E-state index contributed by atoms with van der Waals surface area (Å²) in [6, 6.07) is 3.81. The monoisotopic (exact) mass is 541 g/mol. The van der Waals surface area contributed by atoms with Crippen LogP contribution in [0, 0.1) is 5.92 Å². The van der Waals surface area contributed by atoms with Crippen molar-refractivity contribution in [1.82, 2.24) is 0 Å². The number of aliphatic hydroxyl groups excluding tert-OH is 2. The van der Waals surface area contributed by atoms with Gasteiger partial charge in [0, 0.05) is 35.6 Å².